The lowest BCUT2D eigenvalue weighted by atomic mass is 10.1. The second-order valence-corrected chi connectivity index (χ2v) is 4.37. The fourth-order valence-corrected chi connectivity index (χ4v) is 1.63. The summed E-state index contributed by atoms with van der Waals surface area (Å²) in [6.07, 6.45) is 0. The number of ether oxygens (including phenoxy) is 1. The van der Waals surface area contributed by atoms with Gasteiger partial charge in [-0.25, -0.2) is 0 Å². The number of nitrogens with zero attached hydrogens (tertiary/aromatic N) is 2. The molecule has 0 heterocycles. The van der Waals surface area contributed by atoms with Crippen LogP contribution >= 0.6 is 0 Å². The van der Waals surface area contributed by atoms with E-state index in [4.69, 9.17) is 10.5 Å². The van der Waals surface area contributed by atoms with Gasteiger partial charge in [-0.3, -0.25) is 14.9 Å². The molecule has 0 bridgehead atoms. The molecule has 0 fully saturated rings. The summed E-state index contributed by atoms with van der Waals surface area (Å²) in [6.45, 7) is 4.18. The van der Waals surface area contributed by atoms with E-state index in [1.54, 1.807) is 20.9 Å². The maximum Gasteiger partial charge on any atom is 0.311 e. The topological polar surface area (TPSA) is 98.7 Å². The van der Waals surface area contributed by atoms with Crippen molar-refractivity contribution in [1.29, 1.82) is 0 Å². The molecule has 0 saturated heterocycles. The predicted octanol–water partition coefficient (Wildman–Crippen LogP) is 1.41. The van der Waals surface area contributed by atoms with Crippen LogP contribution in [0.1, 0.15) is 24.2 Å². The lowest BCUT2D eigenvalue weighted by Gasteiger charge is -2.23. The summed E-state index contributed by atoms with van der Waals surface area (Å²) < 4.78 is 5.18. The van der Waals surface area contributed by atoms with Gasteiger partial charge in [0.15, 0.2) is 5.75 Å². The number of carbonyl (C=O) groups excluding carboxylic acids is 1. The van der Waals surface area contributed by atoms with Crippen molar-refractivity contribution in [2.75, 3.05) is 20.2 Å². The number of likely N-dealkylation sites (N-methyl/N-ethyl adjacent to an activating group) is 1. The average Bonchev–Trinajstić information content (AvgIpc) is 2.45. The van der Waals surface area contributed by atoms with Crippen molar-refractivity contribution in [1.82, 2.24) is 4.90 Å². The van der Waals surface area contributed by atoms with Crippen molar-refractivity contribution in [3.63, 3.8) is 0 Å². The van der Waals surface area contributed by atoms with Crippen molar-refractivity contribution >= 4 is 11.6 Å². The van der Waals surface area contributed by atoms with Crippen LogP contribution in [0, 0.1) is 10.1 Å². The van der Waals surface area contributed by atoms with Crippen LogP contribution in [0.3, 0.4) is 0 Å². The number of hydrogen-bond donors (Lipinski definition) is 1. The molecule has 0 radical (unpaired) electrons. The zero-order valence-corrected chi connectivity index (χ0v) is 11.8. The average molecular weight is 281 g/mol. The third-order valence-corrected chi connectivity index (χ3v) is 3.03. The van der Waals surface area contributed by atoms with Gasteiger partial charge in [-0.1, -0.05) is 0 Å². The van der Waals surface area contributed by atoms with Crippen molar-refractivity contribution in [3.05, 3.63) is 33.9 Å². The number of nitro benzene ring substituents is 1. The second kappa shape index (κ2) is 6.85. The van der Waals surface area contributed by atoms with E-state index in [1.165, 1.54) is 23.1 Å². The van der Waals surface area contributed by atoms with Gasteiger partial charge in [0.25, 0.3) is 5.91 Å². The number of benzene rings is 1. The van der Waals surface area contributed by atoms with Crippen LogP contribution in [-0.2, 0) is 0 Å². The Morgan fingerprint density at radius 2 is 2.20 bits per heavy atom. The van der Waals surface area contributed by atoms with Gasteiger partial charge >= 0.3 is 5.69 Å². The molecular weight excluding hydrogens is 262 g/mol. The van der Waals surface area contributed by atoms with Crippen LogP contribution in [-0.4, -0.2) is 42.0 Å². The van der Waals surface area contributed by atoms with Crippen LogP contribution in [0.15, 0.2) is 18.2 Å². The van der Waals surface area contributed by atoms with E-state index in [9.17, 15) is 14.9 Å². The Labute approximate surface area is 117 Å². The van der Waals surface area contributed by atoms with Gasteiger partial charge < -0.3 is 15.4 Å². The SMILES string of the molecule is CCOc1ccc(C(=O)N(C)C(C)CN)cc1[N+](=O)[O-]. The Morgan fingerprint density at radius 1 is 1.55 bits per heavy atom. The molecule has 1 rings (SSSR count). The van der Waals surface area contributed by atoms with Gasteiger partial charge in [0, 0.05) is 31.3 Å². The maximum absolute atomic E-state index is 12.2. The standard InChI is InChI=1S/C13H19N3O4/c1-4-20-12-6-5-10(7-11(12)16(18)19)13(17)15(3)9(2)8-14/h5-7,9H,4,8,14H2,1-3H3. The third-order valence-electron chi connectivity index (χ3n) is 3.03. The molecule has 0 aliphatic heterocycles. The zero-order chi connectivity index (χ0) is 15.3. The highest BCUT2D eigenvalue weighted by Gasteiger charge is 2.22. The molecule has 1 unspecified atom stereocenters. The van der Waals surface area contributed by atoms with Gasteiger partial charge in [0.2, 0.25) is 0 Å². The summed E-state index contributed by atoms with van der Waals surface area (Å²) in [5.74, 6) is -0.155. The second-order valence-electron chi connectivity index (χ2n) is 4.37. The van der Waals surface area contributed by atoms with Crippen LogP contribution in [0.25, 0.3) is 0 Å². The molecule has 1 amide bonds. The Morgan fingerprint density at radius 3 is 2.70 bits per heavy atom. The summed E-state index contributed by atoms with van der Waals surface area (Å²) in [6, 6.07) is 4.04. The van der Waals surface area contributed by atoms with E-state index in [-0.39, 0.29) is 28.9 Å². The van der Waals surface area contributed by atoms with Crippen LogP contribution in [0.4, 0.5) is 5.69 Å². The number of rotatable bonds is 6. The van der Waals surface area contributed by atoms with Crippen molar-refractivity contribution in [2.24, 2.45) is 5.73 Å². The lowest BCUT2D eigenvalue weighted by Crippen LogP contribution is -2.39. The fraction of sp³-hybridized carbons (Fsp3) is 0.462. The van der Waals surface area contributed by atoms with E-state index < -0.39 is 4.92 Å². The van der Waals surface area contributed by atoms with Crippen molar-refractivity contribution in [3.8, 4) is 5.75 Å². The summed E-state index contributed by atoms with van der Waals surface area (Å²) >= 11 is 0. The van der Waals surface area contributed by atoms with Crippen LogP contribution < -0.4 is 10.5 Å². The quantitative estimate of drug-likeness (QED) is 0.628. The Kier molecular flexibility index (Phi) is 5.45. The number of hydrogen-bond acceptors (Lipinski definition) is 5. The maximum atomic E-state index is 12.2. The van der Waals surface area contributed by atoms with Crippen LogP contribution in [0.2, 0.25) is 0 Å². The minimum Gasteiger partial charge on any atom is -0.487 e. The molecule has 2 N–H and O–H groups in total. The first-order chi connectivity index (χ1) is 9.42. The largest absolute Gasteiger partial charge is 0.487 e. The van der Waals surface area contributed by atoms with Gasteiger partial charge in [0.05, 0.1) is 11.5 Å². The molecule has 7 nitrogen and oxygen atoms in total. The van der Waals surface area contributed by atoms with Crippen LogP contribution in [0.5, 0.6) is 5.75 Å². The highest BCUT2D eigenvalue weighted by molar-refractivity contribution is 5.95. The number of nitro groups is 1. The first kappa shape index (κ1) is 15.9. The van der Waals surface area contributed by atoms with E-state index in [0.717, 1.165) is 0 Å². The fourth-order valence-electron chi connectivity index (χ4n) is 1.63. The molecule has 1 aromatic carbocycles. The van der Waals surface area contributed by atoms with E-state index in [0.29, 0.717) is 13.2 Å². The normalized spacial score (nSPS) is 11.8. The number of amides is 1. The molecular formula is C13H19N3O4. The van der Waals surface area contributed by atoms with Crippen molar-refractivity contribution in [2.45, 2.75) is 19.9 Å². The number of nitrogens with two attached hydrogens (primary N) is 1. The summed E-state index contributed by atoms with van der Waals surface area (Å²) in [4.78, 5) is 24.1. The van der Waals surface area contributed by atoms with Crippen molar-refractivity contribution < 1.29 is 14.5 Å². The highest BCUT2D eigenvalue weighted by Crippen LogP contribution is 2.28. The van der Waals surface area contributed by atoms with Gasteiger partial charge in [0.1, 0.15) is 0 Å². The minimum absolute atomic E-state index is 0.145. The first-order valence-electron chi connectivity index (χ1n) is 6.30. The smallest absolute Gasteiger partial charge is 0.311 e. The monoisotopic (exact) mass is 281 g/mol. The Hall–Kier alpha value is -2.15. The summed E-state index contributed by atoms with van der Waals surface area (Å²) in [5.41, 5.74) is 5.53. The third kappa shape index (κ3) is 3.45. The summed E-state index contributed by atoms with van der Waals surface area (Å²) in [5, 5.41) is 11.0. The molecule has 0 spiro atoms. The molecule has 20 heavy (non-hydrogen) atoms. The van der Waals surface area contributed by atoms with Gasteiger partial charge in [-0.05, 0) is 26.0 Å². The highest BCUT2D eigenvalue weighted by atomic mass is 16.6. The number of carbonyl (C=O) groups is 1. The molecule has 1 aromatic rings. The van der Waals surface area contributed by atoms with Gasteiger partial charge in [-0.2, -0.15) is 0 Å². The van der Waals surface area contributed by atoms with Gasteiger partial charge in [-0.15, -0.1) is 0 Å². The minimum atomic E-state index is -0.561. The molecule has 0 aliphatic carbocycles. The Bertz CT molecular complexity index is 504. The Balaban J connectivity index is 3.11. The molecule has 0 saturated carbocycles. The molecule has 0 aliphatic rings. The lowest BCUT2D eigenvalue weighted by molar-refractivity contribution is -0.385. The molecule has 110 valence electrons. The van der Waals surface area contributed by atoms with E-state index in [1.807, 2.05) is 0 Å². The molecule has 7 heteroatoms. The van der Waals surface area contributed by atoms with E-state index in [2.05, 4.69) is 0 Å². The predicted molar refractivity (Wildman–Crippen MR) is 74.9 cm³/mol. The summed E-state index contributed by atoms with van der Waals surface area (Å²) in [7, 11) is 1.61. The zero-order valence-electron chi connectivity index (χ0n) is 11.8. The first-order valence-corrected chi connectivity index (χ1v) is 6.30. The van der Waals surface area contributed by atoms with E-state index >= 15 is 0 Å². The molecule has 1 atom stereocenters. The molecule has 0 aromatic heterocycles.